The Bertz CT molecular complexity index is 573. The molecule has 0 radical (unpaired) electrons. The molecule has 0 aliphatic carbocycles. The molecule has 0 aromatic heterocycles. The number of nitrogens with two attached hydrogens (primary N) is 1. The first-order chi connectivity index (χ1) is 10.5. The highest BCUT2D eigenvalue weighted by Gasteiger charge is 2.32. The van der Waals surface area contributed by atoms with E-state index in [0.29, 0.717) is 0 Å². The van der Waals surface area contributed by atoms with E-state index < -0.39 is 28.7 Å². The standard InChI is InChI=1S/C16H24F2N2O3/c1-15(2,3)23-14(21)20-9-16(4,8-19)11-6-10(17)7-12(18)13(11)22-5/h6-7H,8-9,19H2,1-5H3,(H,20,21). The minimum absolute atomic E-state index is 0.0394. The molecule has 7 heteroatoms. The number of carbonyl (C=O) groups excluding carboxylic acids is 1. The van der Waals surface area contributed by atoms with Crippen LogP contribution in [-0.2, 0) is 10.2 Å². The minimum atomic E-state index is -0.925. The van der Waals surface area contributed by atoms with Crippen LogP contribution < -0.4 is 15.8 Å². The van der Waals surface area contributed by atoms with E-state index in [1.807, 2.05) is 0 Å². The number of nitrogens with one attached hydrogen (secondary N) is 1. The quantitative estimate of drug-likeness (QED) is 0.870. The lowest BCUT2D eigenvalue weighted by Crippen LogP contribution is -2.45. The molecule has 0 bridgehead atoms. The number of halogens is 2. The van der Waals surface area contributed by atoms with Gasteiger partial charge in [-0.25, -0.2) is 13.6 Å². The molecule has 0 fully saturated rings. The summed E-state index contributed by atoms with van der Waals surface area (Å²) in [5, 5.41) is 2.58. The van der Waals surface area contributed by atoms with E-state index in [2.05, 4.69) is 5.32 Å². The highest BCUT2D eigenvalue weighted by Crippen LogP contribution is 2.34. The molecule has 0 spiro atoms. The van der Waals surface area contributed by atoms with Gasteiger partial charge in [0, 0.05) is 30.1 Å². The summed E-state index contributed by atoms with van der Waals surface area (Å²) < 4.78 is 37.6. The van der Waals surface area contributed by atoms with Crippen molar-refractivity contribution in [1.29, 1.82) is 0 Å². The van der Waals surface area contributed by atoms with Crippen molar-refractivity contribution in [2.45, 2.75) is 38.7 Å². The Balaban J connectivity index is 3.04. The van der Waals surface area contributed by atoms with E-state index in [1.54, 1.807) is 27.7 Å². The van der Waals surface area contributed by atoms with Crippen LogP contribution >= 0.6 is 0 Å². The molecule has 0 saturated heterocycles. The first-order valence-electron chi connectivity index (χ1n) is 7.23. The summed E-state index contributed by atoms with van der Waals surface area (Å²) in [7, 11) is 1.29. The zero-order valence-electron chi connectivity index (χ0n) is 14.1. The van der Waals surface area contributed by atoms with E-state index in [1.165, 1.54) is 7.11 Å². The topological polar surface area (TPSA) is 73.6 Å². The normalized spacial score (nSPS) is 14.1. The molecule has 0 aliphatic heterocycles. The van der Waals surface area contributed by atoms with Crippen LogP contribution in [0, 0.1) is 11.6 Å². The van der Waals surface area contributed by atoms with Crippen molar-refractivity contribution < 1.29 is 23.0 Å². The average molecular weight is 330 g/mol. The van der Waals surface area contributed by atoms with Crippen LogP contribution in [0.1, 0.15) is 33.3 Å². The number of hydrogen-bond acceptors (Lipinski definition) is 4. The first kappa shape index (κ1) is 19.2. The van der Waals surface area contributed by atoms with Gasteiger partial charge < -0.3 is 20.5 Å². The zero-order valence-corrected chi connectivity index (χ0v) is 14.1. The molecule has 0 aliphatic rings. The first-order valence-corrected chi connectivity index (χ1v) is 7.23. The van der Waals surface area contributed by atoms with Gasteiger partial charge in [0.25, 0.3) is 0 Å². The van der Waals surface area contributed by atoms with Gasteiger partial charge in [0.2, 0.25) is 0 Å². The van der Waals surface area contributed by atoms with Crippen LogP contribution in [0.2, 0.25) is 0 Å². The predicted molar refractivity (Wildman–Crippen MR) is 83.6 cm³/mol. The van der Waals surface area contributed by atoms with E-state index in [4.69, 9.17) is 15.2 Å². The van der Waals surface area contributed by atoms with Crippen molar-refractivity contribution in [2.24, 2.45) is 5.73 Å². The molecule has 1 aromatic rings. The molecule has 1 rings (SSSR count). The summed E-state index contributed by atoms with van der Waals surface area (Å²) in [6.07, 6.45) is -0.631. The maximum atomic E-state index is 13.9. The van der Waals surface area contributed by atoms with E-state index in [9.17, 15) is 13.6 Å². The maximum absolute atomic E-state index is 13.9. The Morgan fingerprint density at radius 2 is 1.87 bits per heavy atom. The smallest absolute Gasteiger partial charge is 0.407 e. The number of rotatable bonds is 5. The zero-order chi connectivity index (χ0) is 17.8. The Morgan fingerprint density at radius 1 is 1.26 bits per heavy atom. The molecule has 5 nitrogen and oxygen atoms in total. The van der Waals surface area contributed by atoms with Crippen molar-refractivity contribution in [3.63, 3.8) is 0 Å². The second kappa shape index (κ2) is 7.12. The van der Waals surface area contributed by atoms with Gasteiger partial charge in [-0.1, -0.05) is 6.92 Å². The van der Waals surface area contributed by atoms with Gasteiger partial charge in [-0.15, -0.1) is 0 Å². The number of benzene rings is 1. The van der Waals surface area contributed by atoms with Crippen LogP contribution in [-0.4, -0.2) is 31.9 Å². The summed E-state index contributed by atoms with van der Waals surface area (Å²) in [6, 6.07) is 1.89. The monoisotopic (exact) mass is 330 g/mol. The van der Waals surface area contributed by atoms with Gasteiger partial charge in [-0.3, -0.25) is 0 Å². The maximum Gasteiger partial charge on any atom is 0.407 e. The third-order valence-corrected chi connectivity index (χ3v) is 3.34. The Hall–Kier alpha value is -1.89. The van der Waals surface area contributed by atoms with Gasteiger partial charge in [0.15, 0.2) is 11.6 Å². The molecular weight excluding hydrogens is 306 g/mol. The second-order valence-electron chi connectivity index (χ2n) is 6.59. The molecular formula is C16H24F2N2O3. The second-order valence-corrected chi connectivity index (χ2v) is 6.59. The van der Waals surface area contributed by atoms with Crippen LogP contribution in [0.5, 0.6) is 5.75 Å². The predicted octanol–water partition coefficient (Wildman–Crippen LogP) is 2.71. The van der Waals surface area contributed by atoms with Crippen LogP contribution in [0.3, 0.4) is 0 Å². The Kier molecular flexibility index (Phi) is 5.93. The Labute approximate surface area is 135 Å². The lowest BCUT2D eigenvalue weighted by Gasteiger charge is -2.31. The molecule has 0 heterocycles. The van der Waals surface area contributed by atoms with Crippen molar-refractivity contribution in [2.75, 3.05) is 20.2 Å². The number of ether oxygens (including phenoxy) is 2. The molecule has 3 N–H and O–H groups in total. The SMILES string of the molecule is COc1c(F)cc(F)cc1C(C)(CN)CNC(=O)OC(C)(C)C. The van der Waals surface area contributed by atoms with Crippen LogP contribution in [0.4, 0.5) is 13.6 Å². The van der Waals surface area contributed by atoms with Crippen molar-refractivity contribution in [1.82, 2.24) is 5.32 Å². The van der Waals surface area contributed by atoms with Crippen LogP contribution in [0.15, 0.2) is 12.1 Å². The van der Waals surface area contributed by atoms with Gasteiger partial charge in [-0.2, -0.15) is 0 Å². The average Bonchev–Trinajstić information content (AvgIpc) is 2.42. The lowest BCUT2D eigenvalue weighted by molar-refractivity contribution is 0.0516. The summed E-state index contributed by atoms with van der Waals surface area (Å²) >= 11 is 0. The summed E-state index contributed by atoms with van der Waals surface area (Å²) in [5.74, 6) is -1.65. The van der Waals surface area contributed by atoms with E-state index in [0.717, 1.165) is 12.1 Å². The third-order valence-electron chi connectivity index (χ3n) is 3.34. The van der Waals surface area contributed by atoms with Gasteiger partial charge >= 0.3 is 6.09 Å². The largest absolute Gasteiger partial charge is 0.493 e. The van der Waals surface area contributed by atoms with Crippen molar-refractivity contribution in [3.05, 3.63) is 29.3 Å². The molecule has 23 heavy (non-hydrogen) atoms. The van der Waals surface area contributed by atoms with Gasteiger partial charge in [0.05, 0.1) is 7.11 Å². The highest BCUT2D eigenvalue weighted by molar-refractivity contribution is 5.68. The fourth-order valence-electron chi connectivity index (χ4n) is 2.07. The van der Waals surface area contributed by atoms with Crippen molar-refractivity contribution in [3.8, 4) is 5.75 Å². The molecule has 1 aromatic carbocycles. The molecule has 1 unspecified atom stereocenters. The van der Waals surface area contributed by atoms with Gasteiger partial charge in [0.1, 0.15) is 11.4 Å². The summed E-state index contributed by atoms with van der Waals surface area (Å²) in [6.45, 7) is 6.97. The van der Waals surface area contributed by atoms with Crippen LogP contribution in [0.25, 0.3) is 0 Å². The molecule has 1 amide bonds. The lowest BCUT2D eigenvalue weighted by atomic mass is 9.81. The molecule has 1 atom stereocenters. The third kappa shape index (κ3) is 5.06. The minimum Gasteiger partial charge on any atom is -0.493 e. The summed E-state index contributed by atoms with van der Waals surface area (Å²) in [4.78, 5) is 11.8. The number of carbonyl (C=O) groups is 1. The fraction of sp³-hybridized carbons (Fsp3) is 0.562. The molecule has 0 saturated carbocycles. The Morgan fingerprint density at radius 3 is 2.35 bits per heavy atom. The van der Waals surface area contributed by atoms with E-state index >= 15 is 0 Å². The summed E-state index contributed by atoms with van der Waals surface area (Å²) in [5.41, 5.74) is 4.46. The van der Waals surface area contributed by atoms with Crippen molar-refractivity contribution >= 4 is 6.09 Å². The number of amides is 1. The van der Waals surface area contributed by atoms with E-state index in [-0.39, 0.29) is 24.4 Å². The number of hydrogen-bond donors (Lipinski definition) is 2. The van der Waals surface area contributed by atoms with Gasteiger partial charge in [-0.05, 0) is 26.8 Å². The number of alkyl carbamates (subject to hydrolysis) is 1. The molecule has 130 valence electrons. The highest BCUT2D eigenvalue weighted by atomic mass is 19.1. The fourth-order valence-corrected chi connectivity index (χ4v) is 2.07. The number of methoxy groups -OCH3 is 1.